The predicted molar refractivity (Wildman–Crippen MR) is 62.2 cm³/mol. The number of nitrogens with one attached hydrogen (secondary N) is 1. The third-order valence-corrected chi connectivity index (χ3v) is 2.53. The van der Waals surface area contributed by atoms with E-state index >= 15 is 0 Å². The number of methoxy groups -OCH3 is 1. The molecule has 0 aliphatic carbocycles. The SMILES string of the molecule is CCC(C)n1ccnc1NC(C)COC. The lowest BCUT2D eigenvalue weighted by Gasteiger charge is -2.18. The van der Waals surface area contributed by atoms with E-state index in [-0.39, 0.29) is 6.04 Å². The van der Waals surface area contributed by atoms with Crippen LogP contribution in [-0.2, 0) is 4.74 Å². The molecule has 0 bridgehead atoms. The highest BCUT2D eigenvalue weighted by molar-refractivity contribution is 5.28. The normalized spacial score (nSPS) is 14.9. The highest BCUT2D eigenvalue weighted by Gasteiger charge is 2.10. The van der Waals surface area contributed by atoms with E-state index in [4.69, 9.17) is 4.74 Å². The summed E-state index contributed by atoms with van der Waals surface area (Å²) in [4.78, 5) is 4.30. The van der Waals surface area contributed by atoms with Crippen molar-refractivity contribution in [1.29, 1.82) is 0 Å². The van der Waals surface area contributed by atoms with E-state index in [2.05, 4.69) is 35.6 Å². The molecule has 0 aliphatic rings. The molecule has 0 saturated carbocycles. The molecule has 2 unspecified atom stereocenters. The fourth-order valence-corrected chi connectivity index (χ4v) is 1.49. The lowest BCUT2D eigenvalue weighted by atomic mass is 10.2. The largest absolute Gasteiger partial charge is 0.383 e. The second-order valence-electron chi connectivity index (χ2n) is 3.92. The van der Waals surface area contributed by atoms with Gasteiger partial charge in [0.05, 0.1) is 6.61 Å². The molecule has 0 saturated heterocycles. The summed E-state index contributed by atoms with van der Waals surface area (Å²) in [5.74, 6) is 0.925. The van der Waals surface area contributed by atoms with Gasteiger partial charge in [0.15, 0.2) is 0 Å². The number of ether oxygens (including phenoxy) is 1. The molecule has 0 fully saturated rings. The summed E-state index contributed by atoms with van der Waals surface area (Å²) >= 11 is 0. The first-order chi connectivity index (χ1) is 7.19. The van der Waals surface area contributed by atoms with E-state index in [0.717, 1.165) is 12.4 Å². The van der Waals surface area contributed by atoms with Gasteiger partial charge in [0, 0.05) is 31.6 Å². The second-order valence-corrected chi connectivity index (χ2v) is 3.92. The van der Waals surface area contributed by atoms with Gasteiger partial charge in [-0.1, -0.05) is 6.92 Å². The average molecular weight is 211 g/mol. The van der Waals surface area contributed by atoms with Crippen molar-refractivity contribution in [2.24, 2.45) is 0 Å². The van der Waals surface area contributed by atoms with Gasteiger partial charge in [-0.25, -0.2) is 4.98 Å². The van der Waals surface area contributed by atoms with Gasteiger partial charge < -0.3 is 14.6 Å². The Morgan fingerprint density at radius 3 is 2.87 bits per heavy atom. The van der Waals surface area contributed by atoms with Crippen LogP contribution in [-0.4, -0.2) is 29.3 Å². The number of nitrogens with zero attached hydrogens (tertiary/aromatic N) is 2. The average Bonchev–Trinajstić information content (AvgIpc) is 2.65. The molecular formula is C11H21N3O. The maximum Gasteiger partial charge on any atom is 0.203 e. The maximum atomic E-state index is 5.08. The van der Waals surface area contributed by atoms with Gasteiger partial charge in [0.25, 0.3) is 0 Å². The molecule has 0 spiro atoms. The molecular weight excluding hydrogens is 190 g/mol. The first kappa shape index (κ1) is 12.0. The van der Waals surface area contributed by atoms with Gasteiger partial charge >= 0.3 is 0 Å². The Labute approximate surface area is 91.7 Å². The third-order valence-electron chi connectivity index (χ3n) is 2.53. The molecule has 86 valence electrons. The highest BCUT2D eigenvalue weighted by atomic mass is 16.5. The van der Waals surface area contributed by atoms with Crippen molar-refractivity contribution in [3.05, 3.63) is 12.4 Å². The minimum absolute atomic E-state index is 0.278. The zero-order chi connectivity index (χ0) is 11.3. The van der Waals surface area contributed by atoms with E-state index in [1.165, 1.54) is 0 Å². The zero-order valence-corrected chi connectivity index (χ0v) is 10.0. The van der Waals surface area contributed by atoms with Crippen LogP contribution in [0.5, 0.6) is 0 Å². The van der Waals surface area contributed by atoms with Crippen molar-refractivity contribution in [1.82, 2.24) is 9.55 Å². The summed E-state index contributed by atoms with van der Waals surface area (Å²) < 4.78 is 7.24. The van der Waals surface area contributed by atoms with Crippen molar-refractivity contribution in [2.45, 2.75) is 39.3 Å². The molecule has 2 atom stereocenters. The lowest BCUT2D eigenvalue weighted by Crippen LogP contribution is -2.23. The van der Waals surface area contributed by atoms with E-state index in [1.54, 1.807) is 7.11 Å². The predicted octanol–water partition coefficient (Wildman–Crippen LogP) is 2.30. The Hall–Kier alpha value is -1.03. The van der Waals surface area contributed by atoms with Gasteiger partial charge in [-0.05, 0) is 20.3 Å². The van der Waals surface area contributed by atoms with E-state index in [1.807, 2.05) is 12.4 Å². The summed E-state index contributed by atoms with van der Waals surface area (Å²) in [5.41, 5.74) is 0. The van der Waals surface area contributed by atoms with Crippen molar-refractivity contribution < 1.29 is 4.74 Å². The first-order valence-electron chi connectivity index (χ1n) is 5.47. The molecule has 0 radical (unpaired) electrons. The number of hydrogen-bond acceptors (Lipinski definition) is 3. The Morgan fingerprint density at radius 2 is 2.27 bits per heavy atom. The highest BCUT2D eigenvalue weighted by Crippen LogP contribution is 2.16. The molecule has 1 aromatic rings. The minimum atomic E-state index is 0.278. The van der Waals surface area contributed by atoms with Crippen LogP contribution in [0.3, 0.4) is 0 Å². The first-order valence-corrected chi connectivity index (χ1v) is 5.47. The Balaban J connectivity index is 2.64. The molecule has 1 N–H and O–H groups in total. The molecule has 4 nitrogen and oxygen atoms in total. The van der Waals surface area contributed by atoms with Gasteiger partial charge in [-0.3, -0.25) is 0 Å². The van der Waals surface area contributed by atoms with Crippen LogP contribution in [0, 0.1) is 0 Å². The van der Waals surface area contributed by atoms with E-state index < -0.39 is 0 Å². The van der Waals surface area contributed by atoms with Crippen LogP contribution in [0.2, 0.25) is 0 Å². The Bertz CT molecular complexity index is 285. The summed E-state index contributed by atoms with van der Waals surface area (Å²) in [6, 6.07) is 0.755. The molecule has 1 rings (SSSR count). The van der Waals surface area contributed by atoms with Crippen molar-refractivity contribution in [3.63, 3.8) is 0 Å². The summed E-state index contributed by atoms with van der Waals surface area (Å²) in [6.07, 6.45) is 4.94. The van der Waals surface area contributed by atoms with Crippen LogP contribution in [0.25, 0.3) is 0 Å². The van der Waals surface area contributed by atoms with Gasteiger partial charge in [-0.15, -0.1) is 0 Å². The number of aromatic nitrogens is 2. The zero-order valence-electron chi connectivity index (χ0n) is 10.0. The van der Waals surface area contributed by atoms with Gasteiger partial charge in [-0.2, -0.15) is 0 Å². The Kier molecular flexibility index (Phi) is 4.62. The monoisotopic (exact) mass is 211 g/mol. The van der Waals surface area contributed by atoms with Crippen molar-refractivity contribution in [2.75, 3.05) is 19.0 Å². The van der Waals surface area contributed by atoms with Crippen LogP contribution in [0.1, 0.15) is 33.2 Å². The number of anilines is 1. The van der Waals surface area contributed by atoms with Crippen LogP contribution < -0.4 is 5.32 Å². The summed E-state index contributed by atoms with van der Waals surface area (Å²) in [5, 5.41) is 3.33. The molecule has 4 heteroatoms. The molecule has 0 amide bonds. The molecule has 1 aromatic heterocycles. The third kappa shape index (κ3) is 3.23. The number of hydrogen-bond donors (Lipinski definition) is 1. The van der Waals surface area contributed by atoms with E-state index in [9.17, 15) is 0 Å². The summed E-state index contributed by atoms with van der Waals surface area (Å²) in [7, 11) is 1.71. The maximum absolute atomic E-state index is 5.08. The lowest BCUT2D eigenvalue weighted by molar-refractivity contribution is 0.190. The Morgan fingerprint density at radius 1 is 1.53 bits per heavy atom. The van der Waals surface area contributed by atoms with Gasteiger partial charge in [0.1, 0.15) is 0 Å². The fraction of sp³-hybridized carbons (Fsp3) is 0.727. The quantitative estimate of drug-likeness (QED) is 0.784. The fourth-order valence-electron chi connectivity index (χ4n) is 1.49. The standard InChI is InChI=1S/C11H21N3O/c1-5-10(3)14-7-6-12-11(14)13-9(2)8-15-4/h6-7,9-10H,5,8H2,1-4H3,(H,12,13). The molecule has 0 aliphatic heterocycles. The van der Waals surface area contributed by atoms with Crippen LogP contribution in [0.4, 0.5) is 5.95 Å². The number of imidazole rings is 1. The smallest absolute Gasteiger partial charge is 0.203 e. The topological polar surface area (TPSA) is 39.1 Å². The van der Waals surface area contributed by atoms with Gasteiger partial charge in [0.2, 0.25) is 5.95 Å². The van der Waals surface area contributed by atoms with Crippen LogP contribution in [0.15, 0.2) is 12.4 Å². The minimum Gasteiger partial charge on any atom is -0.383 e. The van der Waals surface area contributed by atoms with Crippen molar-refractivity contribution in [3.8, 4) is 0 Å². The van der Waals surface area contributed by atoms with Crippen molar-refractivity contribution >= 4 is 5.95 Å². The molecule has 0 aromatic carbocycles. The number of rotatable bonds is 6. The van der Waals surface area contributed by atoms with Crippen LogP contribution >= 0.6 is 0 Å². The van der Waals surface area contributed by atoms with E-state index in [0.29, 0.717) is 12.6 Å². The molecule has 1 heterocycles. The summed E-state index contributed by atoms with van der Waals surface area (Å²) in [6.45, 7) is 7.13. The second kappa shape index (κ2) is 5.75. The molecule has 15 heavy (non-hydrogen) atoms.